The predicted octanol–water partition coefficient (Wildman–Crippen LogP) is 3.03. The smallest absolute Gasteiger partial charge is 0.344 e. The summed E-state index contributed by atoms with van der Waals surface area (Å²) in [6.07, 6.45) is 0. The van der Waals surface area contributed by atoms with Crippen LogP contribution in [0.4, 0.5) is 0 Å². The summed E-state index contributed by atoms with van der Waals surface area (Å²) in [6, 6.07) is 16.6. The summed E-state index contributed by atoms with van der Waals surface area (Å²) in [7, 11) is 1.66. The predicted molar refractivity (Wildman–Crippen MR) is 93.5 cm³/mol. The fourth-order valence-electron chi connectivity index (χ4n) is 1.92. The van der Waals surface area contributed by atoms with Gasteiger partial charge in [0.05, 0.1) is 0 Å². The zero-order valence-electron chi connectivity index (χ0n) is 13.3. The van der Waals surface area contributed by atoms with Crippen LogP contribution >= 0.6 is 15.9 Å². The van der Waals surface area contributed by atoms with Gasteiger partial charge in [-0.25, -0.2) is 4.79 Å². The number of esters is 1. The molecule has 0 atom stereocenters. The van der Waals surface area contributed by atoms with Crippen molar-refractivity contribution in [3.05, 3.63) is 64.6 Å². The van der Waals surface area contributed by atoms with Crippen LogP contribution in [-0.4, -0.2) is 37.0 Å². The first-order valence-corrected chi connectivity index (χ1v) is 8.16. The summed E-state index contributed by atoms with van der Waals surface area (Å²) in [5, 5.41) is 0. The first-order valence-electron chi connectivity index (χ1n) is 7.37. The molecule has 0 unspecified atom stereocenters. The number of carbonyl (C=O) groups is 2. The van der Waals surface area contributed by atoms with E-state index >= 15 is 0 Å². The summed E-state index contributed by atoms with van der Waals surface area (Å²) < 4.78 is 11.1. The normalized spacial score (nSPS) is 10.1. The fraction of sp³-hybridized carbons (Fsp3) is 0.222. The second-order valence-electron chi connectivity index (χ2n) is 5.10. The SMILES string of the molecule is CN(Cc1ccccc1Br)C(=O)COC(=O)COc1ccccc1. The highest BCUT2D eigenvalue weighted by molar-refractivity contribution is 9.10. The number of halogens is 1. The lowest BCUT2D eigenvalue weighted by Crippen LogP contribution is -2.31. The van der Waals surface area contributed by atoms with E-state index in [1.165, 1.54) is 4.90 Å². The molecule has 0 N–H and O–H groups in total. The molecule has 0 saturated heterocycles. The van der Waals surface area contributed by atoms with Crippen molar-refractivity contribution in [3.8, 4) is 5.75 Å². The summed E-state index contributed by atoms with van der Waals surface area (Å²) in [4.78, 5) is 25.2. The maximum Gasteiger partial charge on any atom is 0.344 e. The Hall–Kier alpha value is -2.34. The molecule has 0 spiro atoms. The average Bonchev–Trinajstić information content (AvgIpc) is 2.60. The highest BCUT2D eigenvalue weighted by Gasteiger charge is 2.13. The molecule has 24 heavy (non-hydrogen) atoms. The molecule has 0 aromatic heterocycles. The second kappa shape index (κ2) is 9.08. The van der Waals surface area contributed by atoms with E-state index < -0.39 is 5.97 Å². The number of benzene rings is 2. The van der Waals surface area contributed by atoms with Crippen molar-refractivity contribution in [3.63, 3.8) is 0 Å². The van der Waals surface area contributed by atoms with Gasteiger partial charge < -0.3 is 14.4 Å². The summed E-state index contributed by atoms with van der Waals surface area (Å²) in [5.41, 5.74) is 0.979. The molecule has 0 aliphatic rings. The van der Waals surface area contributed by atoms with Gasteiger partial charge in [0.25, 0.3) is 5.91 Å². The van der Waals surface area contributed by atoms with Crippen molar-refractivity contribution in [2.75, 3.05) is 20.3 Å². The molecule has 1 amide bonds. The van der Waals surface area contributed by atoms with Crippen LogP contribution in [0.1, 0.15) is 5.56 Å². The molecule has 6 heteroatoms. The van der Waals surface area contributed by atoms with E-state index in [-0.39, 0.29) is 19.1 Å². The molecule has 2 rings (SSSR count). The Balaban J connectivity index is 1.73. The van der Waals surface area contributed by atoms with Crippen LogP contribution in [0.25, 0.3) is 0 Å². The lowest BCUT2D eigenvalue weighted by atomic mass is 10.2. The van der Waals surface area contributed by atoms with Gasteiger partial charge in [-0.05, 0) is 23.8 Å². The Morgan fingerprint density at radius 3 is 2.38 bits per heavy atom. The van der Waals surface area contributed by atoms with Gasteiger partial charge in [0.2, 0.25) is 0 Å². The second-order valence-corrected chi connectivity index (χ2v) is 5.96. The first-order chi connectivity index (χ1) is 11.6. The van der Waals surface area contributed by atoms with E-state index in [4.69, 9.17) is 9.47 Å². The molecule has 2 aromatic rings. The summed E-state index contributed by atoms with van der Waals surface area (Å²) >= 11 is 3.44. The van der Waals surface area contributed by atoms with Crippen LogP contribution in [0, 0.1) is 0 Å². The van der Waals surface area contributed by atoms with Gasteiger partial charge >= 0.3 is 5.97 Å². The van der Waals surface area contributed by atoms with E-state index in [9.17, 15) is 9.59 Å². The van der Waals surface area contributed by atoms with Crippen LogP contribution in [0.15, 0.2) is 59.1 Å². The lowest BCUT2D eigenvalue weighted by molar-refractivity contribution is -0.153. The zero-order chi connectivity index (χ0) is 17.4. The number of rotatable bonds is 7. The zero-order valence-corrected chi connectivity index (χ0v) is 14.9. The molecule has 5 nitrogen and oxygen atoms in total. The number of hydrogen-bond acceptors (Lipinski definition) is 4. The van der Waals surface area contributed by atoms with Gasteiger partial charge in [0, 0.05) is 18.1 Å². The average molecular weight is 392 g/mol. The Labute approximate surface area is 149 Å². The highest BCUT2D eigenvalue weighted by Crippen LogP contribution is 2.17. The Bertz CT molecular complexity index is 690. The molecule has 0 bridgehead atoms. The quantitative estimate of drug-likeness (QED) is 0.680. The number of ether oxygens (including phenoxy) is 2. The third-order valence-electron chi connectivity index (χ3n) is 3.25. The van der Waals surface area contributed by atoms with Gasteiger partial charge in [0.15, 0.2) is 13.2 Å². The molecule has 0 radical (unpaired) electrons. The lowest BCUT2D eigenvalue weighted by Gasteiger charge is -2.18. The maximum absolute atomic E-state index is 12.0. The maximum atomic E-state index is 12.0. The van der Waals surface area contributed by atoms with Crippen LogP contribution in [0.5, 0.6) is 5.75 Å². The molecule has 126 valence electrons. The van der Waals surface area contributed by atoms with Crippen LogP contribution in [0.3, 0.4) is 0 Å². The number of nitrogens with zero attached hydrogens (tertiary/aromatic N) is 1. The van der Waals surface area contributed by atoms with Crippen molar-refractivity contribution in [1.29, 1.82) is 0 Å². The minimum absolute atomic E-state index is 0.231. The van der Waals surface area contributed by atoms with E-state index in [1.807, 2.05) is 30.3 Å². The number of para-hydroxylation sites is 1. The third kappa shape index (κ3) is 5.70. The van der Waals surface area contributed by atoms with Crippen LogP contribution in [-0.2, 0) is 20.9 Å². The van der Waals surface area contributed by atoms with Crippen LogP contribution in [0.2, 0.25) is 0 Å². The van der Waals surface area contributed by atoms with Crippen molar-refractivity contribution < 1.29 is 19.1 Å². The van der Waals surface area contributed by atoms with E-state index in [0.717, 1.165) is 10.0 Å². The molecule has 0 fully saturated rings. The van der Waals surface area contributed by atoms with Gasteiger partial charge in [0.1, 0.15) is 5.75 Å². The monoisotopic (exact) mass is 391 g/mol. The Morgan fingerprint density at radius 1 is 1.00 bits per heavy atom. The molecule has 0 aliphatic carbocycles. The van der Waals surface area contributed by atoms with Crippen molar-refractivity contribution in [2.45, 2.75) is 6.54 Å². The molecular formula is C18H18BrNO4. The van der Waals surface area contributed by atoms with Crippen LogP contribution < -0.4 is 4.74 Å². The third-order valence-corrected chi connectivity index (χ3v) is 4.02. The number of amides is 1. The van der Waals surface area contributed by atoms with Gasteiger partial charge in [-0.3, -0.25) is 4.79 Å². The van der Waals surface area contributed by atoms with Gasteiger partial charge in [-0.1, -0.05) is 52.3 Å². The molecule has 0 saturated carbocycles. The molecule has 0 aliphatic heterocycles. The minimum Gasteiger partial charge on any atom is -0.482 e. The molecular weight excluding hydrogens is 374 g/mol. The fourth-order valence-corrected chi connectivity index (χ4v) is 2.33. The first kappa shape index (κ1) is 18.0. The number of carbonyl (C=O) groups excluding carboxylic acids is 2. The largest absolute Gasteiger partial charge is 0.482 e. The topological polar surface area (TPSA) is 55.8 Å². The molecule has 0 heterocycles. The standard InChI is InChI=1S/C18H18BrNO4/c1-20(11-14-7-5-6-10-16(14)19)17(21)12-24-18(22)13-23-15-8-3-2-4-9-15/h2-10H,11-13H2,1H3. The van der Waals surface area contributed by atoms with Gasteiger partial charge in [-0.2, -0.15) is 0 Å². The Morgan fingerprint density at radius 2 is 1.67 bits per heavy atom. The summed E-state index contributed by atoms with van der Waals surface area (Å²) in [5.74, 6) is -0.285. The van der Waals surface area contributed by atoms with E-state index in [0.29, 0.717) is 12.3 Å². The van der Waals surface area contributed by atoms with Crippen molar-refractivity contribution >= 4 is 27.8 Å². The van der Waals surface area contributed by atoms with Crippen molar-refractivity contribution in [1.82, 2.24) is 4.90 Å². The van der Waals surface area contributed by atoms with Crippen molar-refractivity contribution in [2.24, 2.45) is 0 Å². The summed E-state index contributed by atoms with van der Waals surface area (Å²) in [6.45, 7) is -0.110. The number of likely N-dealkylation sites (N-methyl/N-ethyl adjacent to an activating group) is 1. The van der Waals surface area contributed by atoms with E-state index in [2.05, 4.69) is 15.9 Å². The highest BCUT2D eigenvalue weighted by atomic mass is 79.9. The van der Waals surface area contributed by atoms with E-state index in [1.54, 1.807) is 31.3 Å². The minimum atomic E-state index is -0.582. The molecule has 2 aromatic carbocycles. The Kier molecular flexibility index (Phi) is 6.81. The number of hydrogen-bond donors (Lipinski definition) is 0. The van der Waals surface area contributed by atoms with Gasteiger partial charge in [-0.15, -0.1) is 0 Å².